The van der Waals surface area contributed by atoms with Crippen molar-refractivity contribution in [3.05, 3.63) is 71.2 Å². The molecule has 1 fully saturated rings. The van der Waals surface area contributed by atoms with Crippen molar-refractivity contribution in [2.75, 3.05) is 32.8 Å². The molecule has 33 heavy (non-hydrogen) atoms. The summed E-state index contributed by atoms with van der Waals surface area (Å²) in [6, 6.07) is 10.9. The fourth-order valence-corrected chi connectivity index (χ4v) is 4.50. The van der Waals surface area contributed by atoms with Crippen LogP contribution in [0.5, 0.6) is 0 Å². The van der Waals surface area contributed by atoms with Crippen LogP contribution in [0.4, 0.5) is 0 Å². The largest absolute Gasteiger partial charge is 0.395 e. The van der Waals surface area contributed by atoms with E-state index >= 15 is 0 Å². The number of aliphatic hydroxyl groups excluding tert-OH is 1. The molecular weight excluding hydrogens is 457 g/mol. The van der Waals surface area contributed by atoms with Crippen molar-refractivity contribution >= 4 is 36.5 Å². The first-order valence-corrected chi connectivity index (χ1v) is 11.2. The molecule has 0 unspecified atom stereocenters. The Bertz CT molecular complexity index is 1050. The van der Waals surface area contributed by atoms with Gasteiger partial charge in [0.1, 0.15) is 0 Å². The lowest BCUT2D eigenvalue weighted by Crippen LogP contribution is -2.52. The van der Waals surface area contributed by atoms with Crippen molar-refractivity contribution < 1.29 is 5.11 Å². The zero-order valence-corrected chi connectivity index (χ0v) is 21.2. The summed E-state index contributed by atoms with van der Waals surface area (Å²) in [5.74, 6) is 0. The number of piperazine rings is 1. The summed E-state index contributed by atoms with van der Waals surface area (Å²) in [5, 5.41) is 17.4. The van der Waals surface area contributed by atoms with E-state index in [4.69, 9.17) is 5.10 Å². The number of nitrogens with zero attached hydrogens (tertiary/aromatic N) is 4. The second kappa shape index (κ2) is 12.0. The van der Waals surface area contributed by atoms with E-state index in [1.165, 1.54) is 16.7 Å². The third-order valence-corrected chi connectivity index (χ3v) is 6.29. The van der Waals surface area contributed by atoms with Crippen molar-refractivity contribution in [2.24, 2.45) is 0 Å². The molecule has 2 N–H and O–H groups in total. The van der Waals surface area contributed by atoms with E-state index in [-0.39, 0.29) is 42.9 Å². The minimum absolute atomic E-state index is 0. The Morgan fingerprint density at radius 2 is 1.97 bits per heavy atom. The maximum atomic E-state index is 9.35. The highest BCUT2D eigenvalue weighted by Gasteiger charge is 2.30. The first-order valence-electron chi connectivity index (χ1n) is 11.2. The van der Waals surface area contributed by atoms with Crippen molar-refractivity contribution in [3.63, 3.8) is 0 Å². The Labute approximate surface area is 208 Å². The molecule has 4 rings (SSSR count). The zero-order chi connectivity index (χ0) is 21.8. The Kier molecular flexibility index (Phi) is 9.88. The highest BCUT2D eigenvalue weighted by molar-refractivity contribution is 5.85. The van der Waals surface area contributed by atoms with Gasteiger partial charge in [-0.2, -0.15) is 5.10 Å². The molecule has 1 aromatic carbocycles. The molecule has 3 aromatic rings. The Morgan fingerprint density at radius 1 is 1.21 bits per heavy atom. The van der Waals surface area contributed by atoms with Gasteiger partial charge in [0.2, 0.25) is 0 Å². The maximum absolute atomic E-state index is 9.35. The van der Waals surface area contributed by atoms with E-state index < -0.39 is 0 Å². The van der Waals surface area contributed by atoms with Gasteiger partial charge in [-0.1, -0.05) is 57.2 Å². The third-order valence-electron chi connectivity index (χ3n) is 6.29. The molecule has 3 heterocycles. The number of hydrogen-bond donors (Lipinski definition) is 2. The Hall–Kier alpha value is -1.96. The van der Waals surface area contributed by atoms with E-state index in [1.54, 1.807) is 0 Å². The van der Waals surface area contributed by atoms with Crippen LogP contribution in [0.2, 0.25) is 0 Å². The highest BCUT2D eigenvalue weighted by atomic mass is 35.5. The maximum Gasteiger partial charge on any atom is 0.159 e. The highest BCUT2D eigenvalue weighted by Crippen LogP contribution is 2.36. The second-order valence-electron chi connectivity index (χ2n) is 8.81. The second-order valence-corrected chi connectivity index (χ2v) is 8.81. The lowest BCUT2D eigenvalue weighted by atomic mass is 9.77. The molecule has 0 spiro atoms. The molecular formula is C25H35Cl2N5O. The van der Waals surface area contributed by atoms with Gasteiger partial charge in [-0.15, -0.1) is 24.8 Å². The van der Waals surface area contributed by atoms with E-state index in [9.17, 15) is 5.11 Å². The van der Waals surface area contributed by atoms with Gasteiger partial charge in [0, 0.05) is 55.6 Å². The minimum Gasteiger partial charge on any atom is -0.395 e. The van der Waals surface area contributed by atoms with Gasteiger partial charge in [-0.05, 0) is 23.6 Å². The Morgan fingerprint density at radius 3 is 2.67 bits per heavy atom. The van der Waals surface area contributed by atoms with Crippen molar-refractivity contribution in [3.8, 4) is 0 Å². The average molecular weight is 492 g/mol. The quantitative estimate of drug-likeness (QED) is 0.526. The molecule has 0 aliphatic carbocycles. The fraction of sp³-hybridized carbons (Fsp3) is 0.440. The number of nitrogens with one attached hydrogen (secondary N) is 1. The number of aliphatic hydroxyl groups is 1. The number of benzene rings is 1. The molecule has 1 aliphatic heterocycles. The van der Waals surface area contributed by atoms with Crippen LogP contribution in [-0.2, 0) is 11.8 Å². The summed E-state index contributed by atoms with van der Waals surface area (Å²) >= 11 is 0. The lowest BCUT2D eigenvalue weighted by Gasteiger charge is -2.31. The van der Waals surface area contributed by atoms with Gasteiger partial charge < -0.3 is 10.4 Å². The van der Waals surface area contributed by atoms with Crippen LogP contribution < -0.4 is 5.32 Å². The lowest BCUT2D eigenvalue weighted by molar-refractivity contribution is 0.158. The van der Waals surface area contributed by atoms with Crippen LogP contribution in [0.15, 0.2) is 48.8 Å². The van der Waals surface area contributed by atoms with Crippen LogP contribution in [0, 0.1) is 0 Å². The first-order chi connectivity index (χ1) is 15.0. The van der Waals surface area contributed by atoms with Crippen LogP contribution in [0.25, 0.3) is 11.7 Å². The SMILES string of the molecule is CCc1nn2cccnc2c1C(C)(C)c1ccc(/C=C/CN2CCN[C@H](CO)C2)cc1.Cl.Cl. The molecule has 1 aliphatic rings. The monoisotopic (exact) mass is 491 g/mol. The molecule has 1 atom stereocenters. The van der Waals surface area contributed by atoms with Gasteiger partial charge in [0.25, 0.3) is 0 Å². The van der Waals surface area contributed by atoms with Gasteiger partial charge in [0.15, 0.2) is 5.65 Å². The molecule has 0 bridgehead atoms. The number of halogens is 2. The van der Waals surface area contributed by atoms with Crippen molar-refractivity contribution in [1.82, 2.24) is 24.8 Å². The molecule has 180 valence electrons. The van der Waals surface area contributed by atoms with E-state index in [2.05, 4.69) is 72.4 Å². The van der Waals surface area contributed by atoms with Crippen molar-refractivity contribution in [2.45, 2.75) is 38.6 Å². The molecule has 0 radical (unpaired) electrons. The third kappa shape index (κ3) is 5.94. The zero-order valence-electron chi connectivity index (χ0n) is 19.6. The van der Waals surface area contributed by atoms with Gasteiger partial charge in [0.05, 0.1) is 12.3 Å². The van der Waals surface area contributed by atoms with Crippen LogP contribution >= 0.6 is 24.8 Å². The molecule has 8 heteroatoms. The number of fused-ring (bicyclic) bond motifs is 1. The van der Waals surface area contributed by atoms with E-state index in [0.717, 1.165) is 43.9 Å². The van der Waals surface area contributed by atoms with Gasteiger partial charge in [-0.25, -0.2) is 9.50 Å². The predicted octanol–water partition coefficient (Wildman–Crippen LogP) is 3.74. The number of hydrogen-bond acceptors (Lipinski definition) is 5. The van der Waals surface area contributed by atoms with E-state index in [0.29, 0.717) is 0 Å². The normalized spacial score (nSPS) is 17.2. The summed E-state index contributed by atoms with van der Waals surface area (Å²) < 4.78 is 1.89. The smallest absolute Gasteiger partial charge is 0.159 e. The molecule has 2 aromatic heterocycles. The molecule has 1 saturated heterocycles. The first kappa shape index (κ1) is 27.3. The predicted molar refractivity (Wildman–Crippen MR) is 140 cm³/mol. The van der Waals surface area contributed by atoms with Crippen LogP contribution in [0.1, 0.15) is 43.2 Å². The standard InChI is InChI=1S/C25H33N5O.2ClH/c1-4-22-23(24-27-12-6-15-30(24)28-22)25(2,3)20-10-8-19(9-11-20)7-5-14-29-16-13-26-21(17-29)18-31;;/h5-12,15,21,26,31H,4,13-14,16-18H2,1-3H3;2*1H/b7-5+;;/t21-;;/m0../s1. The van der Waals surface area contributed by atoms with Crippen LogP contribution in [0.3, 0.4) is 0 Å². The van der Waals surface area contributed by atoms with E-state index in [1.807, 2.05) is 23.0 Å². The number of aryl methyl sites for hydroxylation is 1. The number of rotatable bonds is 7. The Balaban J connectivity index is 0.00000193. The summed E-state index contributed by atoms with van der Waals surface area (Å²) in [4.78, 5) is 6.99. The fourth-order valence-electron chi connectivity index (χ4n) is 4.50. The topological polar surface area (TPSA) is 65.7 Å². The summed E-state index contributed by atoms with van der Waals surface area (Å²) in [6.07, 6.45) is 9.08. The van der Waals surface area contributed by atoms with Crippen molar-refractivity contribution in [1.29, 1.82) is 0 Å². The minimum atomic E-state index is -0.191. The molecule has 0 amide bonds. The van der Waals surface area contributed by atoms with Gasteiger partial charge >= 0.3 is 0 Å². The summed E-state index contributed by atoms with van der Waals surface area (Å²) in [5.41, 5.74) is 5.51. The van der Waals surface area contributed by atoms with Crippen LogP contribution in [-0.4, -0.2) is 63.4 Å². The molecule has 0 saturated carbocycles. The molecule has 6 nitrogen and oxygen atoms in total. The summed E-state index contributed by atoms with van der Waals surface area (Å²) in [6.45, 7) is 10.6. The average Bonchev–Trinajstić information content (AvgIpc) is 3.19. The summed E-state index contributed by atoms with van der Waals surface area (Å²) in [7, 11) is 0. The number of aromatic nitrogens is 3. The van der Waals surface area contributed by atoms with Gasteiger partial charge in [-0.3, -0.25) is 4.90 Å².